The van der Waals surface area contributed by atoms with Gasteiger partial charge in [-0.15, -0.1) is 0 Å². The topological polar surface area (TPSA) is 27.8 Å². The molecule has 0 saturated carbocycles. The smallest absolute Gasteiger partial charge is 0.0456 e. The van der Waals surface area contributed by atoms with E-state index < -0.39 is 0 Å². The normalized spacial score (nSPS) is 21.9. The number of H-pyrrole nitrogens is 1. The van der Waals surface area contributed by atoms with Crippen LogP contribution in [0.3, 0.4) is 0 Å². The van der Waals surface area contributed by atoms with Crippen LogP contribution in [0.25, 0.3) is 10.9 Å². The van der Waals surface area contributed by atoms with E-state index in [4.69, 9.17) is 0 Å². The van der Waals surface area contributed by atoms with Crippen LogP contribution >= 0.6 is 0 Å². The minimum atomic E-state index is 0.683. The van der Waals surface area contributed by atoms with Crippen molar-refractivity contribution in [1.29, 1.82) is 0 Å². The van der Waals surface area contributed by atoms with E-state index in [1.807, 2.05) is 0 Å². The summed E-state index contributed by atoms with van der Waals surface area (Å²) in [5.41, 5.74) is 2.64. The van der Waals surface area contributed by atoms with Crippen molar-refractivity contribution >= 4 is 10.9 Å². The van der Waals surface area contributed by atoms with Crippen LogP contribution in [0.5, 0.6) is 0 Å². The Bertz CT molecular complexity index is 405. The average Bonchev–Trinajstić information content (AvgIpc) is 2.86. The van der Waals surface area contributed by atoms with Crippen LogP contribution in [0.4, 0.5) is 0 Å². The van der Waals surface area contributed by atoms with Gasteiger partial charge in [-0.25, -0.2) is 0 Å². The quantitative estimate of drug-likeness (QED) is 0.702. The molecule has 2 heterocycles. The maximum Gasteiger partial charge on any atom is 0.0456 e. The van der Waals surface area contributed by atoms with Gasteiger partial charge in [-0.3, -0.25) is 0 Å². The van der Waals surface area contributed by atoms with E-state index in [2.05, 4.69) is 40.6 Å². The Morgan fingerprint density at radius 1 is 1.21 bits per heavy atom. The molecular weight excluding hydrogens is 172 g/mol. The molecule has 1 atom stereocenters. The molecule has 1 aromatic heterocycles. The number of aromatic nitrogens is 1. The first kappa shape index (κ1) is 8.06. The zero-order chi connectivity index (χ0) is 9.38. The number of rotatable bonds is 1. The largest absolute Gasteiger partial charge is 0.358 e. The molecule has 72 valence electrons. The molecule has 0 radical (unpaired) electrons. The Labute approximate surface area is 83.3 Å². The van der Waals surface area contributed by atoms with E-state index >= 15 is 0 Å². The molecular formula is C12H14N2. The van der Waals surface area contributed by atoms with Crippen molar-refractivity contribution in [3.8, 4) is 0 Å². The van der Waals surface area contributed by atoms with Crippen LogP contribution < -0.4 is 5.32 Å². The molecule has 2 heteroatoms. The van der Waals surface area contributed by atoms with Crippen LogP contribution in [0.15, 0.2) is 30.3 Å². The fraction of sp³-hybridized carbons (Fsp3) is 0.333. The average molecular weight is 186 g/mol. The maximum atomic E-state index is 3.50. The molecule has 0 bridgehead atoms. The van der Waals surface area contributed by atoms with E-state index in [1.165, 1.54) is 23.0 Å². The molecule has 1 aromatic carbocycles. The number of para-hydroxylation sites is 1. The lowest BCUT2D eigenvalue weighted by Gasteiger charge is -2.03. The van der Waals surface area contributed by atoms with Gasteiger partial charge in [-0.2, -0.15) is 0 Å². The van der Waals surface area contributed by atoms with Crippen molar-refractivity contribution in [3.63, 3.8) is 0 Å². The van der Waals surface area contributed by atoms with Crippen molar-refractivity contribution in [1.82, 2.24) is 10.3 Å². The van der Waals surface area contributed by atoms with Gasteiger partial charge in [0, 0.05) is 23.7 Å². The Morgan fingerprint density at radius 2 is 2.14 bits per heavy atom. The predicted octanol–water partition coefficient (Wildman–Crippen LogP) is 2.24. The van der Waals surface area contributed by atoms with E-state index in [-0.39, 0.29) is 0 Å². The first-order valence-corrected chi connectivity index (χ1v) is 5.22. The Hall–Kier alpha value is -1.28. The van der Waals surface area contributed by atoms with Crippen LogP contribution in [0, 0.1) is 0 Å². The van der Waals surface area contributed by atoms with Crippen LogP contribution in [0.2, 0.25) is 0 Å². The van der Waals surface area contributed by atoms with E-state index in [0.717, 1.165) is 13.1 Å². The molecule has 2 aromatic rings. The summed E-state index contributed by atoms with van der Waals surface area (Å²) in [6, 6.07) is 10.8. The standard InChI is InChI=1S/C12H14N2/c1-2-4-11-9(3-1)7-12(14-11)10-5-6-13-8-10/h1-4,7,10,13-14H,5-6,8H2/t10-/m0/s1. The van der Waals surface area contributed by atoms with Gasteiger partial charge in [0.25, 0.3) is 0 Å². The van der Waals surface area contributed by atoms with Crippen molar-refractivity contribution in [2.45, 2.75) is 12.3 Å². The van der Waals surface area contributed by atoms with Crippen molar-refractivity contribution in [2.75, 3.05) is 13.1 Å². The summed E-state index contributed by atoms with van der Waals surface area (Å²) >= 11 is 0. The van der Waals surface area contributed by atoms with Gasteiger partial charge in [-0.05, 0) is 30.5 Å². The van der Waals surface area contributed by atoms with Gasteiger partial charge >= 0.3 is 0 Å². The molecule has 1 saturated heterocycles. The lowest BCUT2D eigenvalue weighted by atomic mass is 10.1. The summed E-state index contributed by atoms with van der Waals surface area (Å²) in [4.78, 5) is 3.50. The molecule has 0 unspecified atom stereocenters. The second kappa shape index (κ2) is 3.14. The minimum Gasteiger partial charge on any atom is -0.358 e. The van der Waals surface area contributed by atoms with Gasteiger partial charge in [0.1, 0.15) is 0 Å². The third kappa shape index (κ3) is 1.23. The summed E-state index contributed by atoms with van der Waals surface area (Å²) < 4.78 is 0. The fourth-order valence-electron chi connectivity index (χ4n) is 2.24. The lowest BCUT2D eigenvalue weighted by Crippen LogP contribution is -2.07. The maximum absolute atomic E-state index is 3.50. The number of benzene rings is 1. The Morgan fingerprint density at radius 3 is 2.93 bits per heavy atom. The molecule has 1 aliphatic heterocycles. The molecule has 0 amide bonds. The van der Waals surface area contributed by atoms with E-state index in [9.17, 15) is 0 Å². The van der Waals surface area contributed by atoms with Crippen molar-refractivity contribution < 1.29 is 0 Å². The zero-order valence-electron chi connectivity index (χ0n) is 8.09. The van der Waals surface area contributed by atoms with Crippen LogP contribution in [0.1, 0.15) is 18.0 Å². The Balaban J connectivity index is 2.05. The third-order valence-electron chi connectivity index (χ3n) is 3.05. The van der Waals surface area contributed by atoms with E-state index in [0.29, 0.717) is 5.92 Å². The molecule has 14 heavy (non-hydrogen) atoms. The Kier molecular flexibility index (Phi) is 1.81. The highest BCUT2D eigenvalue weighted by Gasteiger charge is 2.17. The summed E-state index contributed by atoms with van der Waals surface area (Å²) in [5, 5.41) is 4.72. The summed E-state index contributed by atoms with van der Waals surface area (Å²) in [5.74, 6) is 0.683. The van der Waals surface area contributed by atoms with Gasteiger partial charge in [0.05, 0.1) is 0 Å². The second-order valence-electron chi connectivity index (χ2n) is 4.00. The van der Waals surface area contributed by atoms with Gasteiger partial charge in [-0.1, -0.05) is 18.2 Å². The van der Waals surface area contributed by atoms with Gasteiger partial charge in [0.2, 0.25) is 0 Å². The highest BCUT2D eigenvalue weighted by Crippen LogP contribution is 2.25. The van der Waals surface area contributed by atoms with Crippen molar-refractivity contribution in [2.24, 2.45) is 0 Å². The third-order valence-corrected chi connectivity index (χ3v) is 3.05. The first-order chi connectivity index (χ1) is 6.93. The highest BCUT2D eigenvalue weighted by atomic mass is 14.9. The molecule has 1 aliphatic rings. The molecule has 2 N–H and O–H groups in total. The zero-order valence-corrected chi connectivity index (χ0v) is 8.09. The second-order valence-corrected chi connectivity index (χ2v) is 4.00. The predicted molar refractivity (Wildman–Crippen MR) is 58.5 cm³/mol. The van der Waals surface area contributed by atoms with Crippen LogP contribution in [-0.4, -0.2) is 18.1 Å². The summed E-state index contributed by atoms with van der Waals surface area (Å²) in [6.45, 7) is 2.27. The number of fused-ring (bicyclic) bond motifs is 1. The lowest BCUT2D eigenvalue weighted by molar-refractivity contribution is 0.743. The number of aromatic amines is 1. The monoisotopic (exact) mass is 186 g/mol. The molecule has 0 spiro atoms. The van der Waals surface area contributed by atoms with Crippen LogP contribution in [-0.2, 0) is 0 Å². The first-order valence-electron chi connectivity index (χ1n) is 5.22. The number of nitrogens with one attached hydrogen (secondary N) is 2. The number of hydrogen-bond acceptors (Lipinski definition) is 1. The van der Waals surface area contributed by atoms with Crippen molar-refractivity contribution in [3.05, 3.63) is 36.0 Å². The van der Waals surface area contributed by atoms with E-state index in [1.54, 1.807) is 0 Å². The minimum absolute atomic E-state index is 0.683. The summed E-state index contributed by atoms with van der Waals surface area (Å²) in [6.07, 6.45) is 1.26. The number of hydrogen-bond donors (Lipinski definition) is 2. The molecule has 1 fully saturated rings. The van der Waals surface area contributed by atoms with Gasteiger partial charge < -0.3 is 10.3 Å². The molecule has 2 nitrogen and oxygen atoms in total. The molecule has 0 aliphatic carbocycles. The summed E-state index contributed by atoms with van der Waals surface area (Å²) in [7, 11) is 0. The molecule has 3 rings (SSSR count). The highest BCUT2D eigenvalue weighted by molar-refractivity contribution is 5.80. The SMILES string of the molecule is c1ccc2[nH]c([C@H]3CCNC3)cc2c1. The fourth-order valence-corrected chi connectivity index (χ4v) is 2.24. The van der Waals surface area contributed by atoms with Gasteiger partial charge in [0.15, 0.2) is 0 Å².